The van der Waals surface area contributed by atoms with Gasteiger partial charge in [0.15, 0.2) is 0 Å². The number of fused-ring (bicyclic) bond motifs is 1. The first kappa shape index (κ1) is 25.0. The lowest BCUT2D eigenvalue weighted by molar-refractivity contribution is -0.141. The summed E-state index contributed by atoms with van der Waals surface area (Å²) in [6.45, 7) is 8.90. The largest absolute Gasteiger partial charge is 0.486 e. The van der Waals surface area contributed by atoms with Gasteiger partial charge in [-0.3, -0.25) is 0 Å². The third-order valence-corrected chi connectivity index (χ3v) is 6.08. The molecule has 1 saturated heterocycles. The second kappa shape index (κ2) is 9.85. The van der Waals surface area contributed by atoms with Gasteiger partial charge in [-0.25, -0.2) is 15.0 Å². The van der Waals surface area contributed by atoms with Crippen LogP contribution in [0.4, 0.5) is 24.7 Å². The zero-order chi connectivity index (χ0) is 25.3. The van der Waals surface area contributed by atoms with Crippen molar-refractivity contribution in [3.8, 4) is 5.75 Å². The molecule has 0 radical (unpaired) electrons. The van der Waals surface area contributed by atoms with Crippen LogP contribution in [0.15, 0.2) is 30.3 Å². The Bertz CT molecular complexity index is 1200. The van der Waals surface area contributed by atoms with Gasteiger partial charge < -0.3 is 19.7 Å². The van der Waals surface area contributed by atoms with Gasteiger partial charge in [0.1, 0.15) is 29.2 Å². The van der Waals surface area contributed by atoms with E-state index in [0.29, 0.717) is 41.5 Å². The van der Waals surface area contributed by atoms with Crippen LogP contribution in [-0.2, 0) is 10.9 Å². The molecule has 3 aromatic rings. The van der Waals surface area contributed by atoms with Crippen LogP contribution in [0.5, 0.6) is 5.75 Å². The molecule has 1 aromatic carbocycles. The van der Waals surface area contributed by atoms with Crippen molar-refractivity contribution in [1.82, 2.24) is 15.0 Å². The average molecular weight is 490 g/mol. The van der Waals surface area contributed by atoms with Gasteiger partial charge in [-0.2, -0.15) is 13.2 Å². The van der Waals surface area contributed by atoms with E-state index in [9.17, 15) is 13.2 Å². The molecule has 4 rings (SSSR count). The summed E-state index contributed by atoms with van der Waals surface area (Å²) in [5.74, 6) is 1.73. The van der Waals surface area contributed by atoms with Crippen molar-refractivity contribution < 1.29 is 22.6 Å². The number of aromatic nitrogens is 3. The molecule has 2 aromatic heterocycles. The van der Waals surface area contributed by atoms with E-state index in [1.807, 2.05) is 19.2 Å². The molecule has 1 aliphatic rings. The smallest absolute Gasteiger partial charge is 0.433 e. The van der Waals surface area contributed by atoms with Gasteiger partial charge in [0.2, 0.25) is 0 Å². The number of hydrogen-bond acceptors (Lipinski definition) is 7. The van der Waals surface area contributed by atoms with E-state index in [0.717, 1.165) is 18.2 Å². The first-order chi connectivity index (χ1) is 16.5. The van der Waals surface area contributed by atoms with Gasteiger partial charge in [0.05, 0.1) is 36.2 Å². The van der Waals surface area contributed by atoms with Crippen LogP contribution < -0.4 is 15.0 Å². The normalized spacial score (nSPS) is 17.1. The highest BCUT2D eigenvalue weighted by molar-refractivity contribution is 5.94. The molecular formula is C25H30F3N5O2. The SMILES string of the molecule is Cc1nc(N[C@H](C)c2cccc(C(F)(F)F)n2)c2cc(OC3CCOC3)c(N(C)C(C)C)cc2n1. The highest BCUT2D eigenvalue weighted by atomic mass is 19.4. The standard InChI is InChI=1S/C25H30F3N5O2/c1-14(2)33(5)21-12-20-18(11-22(21)35-17-9-10-34-13-17)24(31-16(4)30-20)29-15(3)19-7-6-8-23(32-19)25(26,27)28/h6-8,11-12,14-15,17H,9-10,13H2,1-5H3,(H,29,30,31)/t15-,17?/m1/s1. The molecule has 0 spiro atoms. The van der Waals surface area contributed by atoms with Crippen LogP contribution in [0.1, 0.15) is 50.4 Å². The van der Waals surface area contributed by atoms with E-state index >= 15 is 0 Å². The molecule has 1 unspecified atom stereocenters. The van der Waals surface area contributed by atoms with E-state index in [1.54, 1.807) is 19.9 Å². The van der Waals surface area contributed by atoms with Crippen molar-refractivity contribution in [2.75, 3.05) is 30.5 Å². The minimum atomic E-state index is -4.51. The van der Waals surface area contributed by atoms with Crippen molar-refractivity contribution in [3.63, 3.8) is 0 Å². The van der Waals surface area contributed by atoms with E-state index in [4.69, 9.17) is 9.47 Å². The van der Waals surface area contributed by atoms with Gasteiger partial charge in [0.25, 0.3) is 0 Å². The third kappa shape index (κ3) is 5.58. The lowest BCUT2D eigenvalue weighted by Crippen LogP contribution is -2.27. The number of benzene rings is 1. The highest BCUT2D eigenvalue weighted by Crippen LogP contribution is 2.37. The third-order valence-electron chi connectivity index (χ3n) is 6.08. The quantitative estimate of drug-likeness (QED) is 0.467. The molecule has 1 fully saturated rings. The molecule has 0 amide bonds. The van der Waals surface area contributed by atoms with Crippen molar-refractivity contribution in [3.05, 3.63) is 47.5 Å². The second-order valence-electron chi connectivity index (χ2n) is 9.08. The maximum absolute atomic E-state index is 13.2. The summed E-state index contributed by atoms with van der Waals surface area (Å²) in [7, 11) is 2.00. The van der Waals surface area contributed by atoms with Gasteiger partial charge >= 0.3 is 6.18 Å². The molecule has 3 heterocycles. The zero-order valence-corrected chi connectivity index (χ0v) is 20.5. The first-order valence-electron chi connectivity index (χ1n) is 11.6. The number of nitrogens with one attached hydrogen (secondary N) is 1. The Labute approximate surface area is 202 Å². The number of pyridine rings is 1. The minimum Gasteiger partial charge on any atom is -0.486 e. The van der Waals surface area contributed by atoms with Gasteiger partial charge in [-0.1, -0.05) is 6.07 Å². The van der Waals surface area contributed by atoms with Crippen molar-refractivity contribution in [1.29, 1.82) is 0 Å². The molecule has 1 N–H and O–H groups in total. The Balaban J connectivity index is 1.75. The highest BCUT2D eigenvalue weighted by Gasteiger charge is 2.33. The number of hydrogen-bond donors (Lipinski definition) is 1. The van der Waals surface area contributed by atoms with Crippen LogP contribution in [0.2, 0.25) is 0 Å². The van der Waals surface area contributed by atoms with E-state index in [2.05, 4.69) is 39.0 Å². The molecule has 0 saturated carbocycles. The molecule has 35 heavy (non-hydrogen) atoms. The van der Waals surface area contributed by atoms with Crippen LogP contribution in [-0.4, -0.2) is 47.4 Å². The fourth-order valence-corrected chi connectivity index (χ4v) is 3.93. The zero-order valence-electron chi connectivity index (χ0n) is 20.5. The van der Waals surface area contributed by atoms with Crippen LogP contribution in [0.25, 0.3) is 10.9 Å². The number of alkyl halides is 3. The summed E-state index contributed by atoms with van der Waals surface area (Å²) < 4.78 is 51.3. The Morgan fingerprint density at radius 2 is 1.91 bits per heavy atom. The lowest BCUT2D eigenvalue weighted by Gasteiger charge is -2.28. The van der Waals surface area contributed by atoms with E-state index < -0.39 is 17.9 Å². The molecule has 0 bridgehead atoms. The number of nitrogens with zero attached hydrogens (tertiary/aromatic N) is 4. The molecule has 2 atom stereocenters. The number of halogens is 3. The summed E-state index contributed by atoms with van der Waals surface area (Å²) in [6, 6.07) is 7.44. The molecule has 1 aliphatic heterocycles. The number of ether oxygens (including phenoxy) is 2. The van der Waals surface area contributed by atoms with E-state index in [-0.39, 0.29) is 17.8 Å². The first-order valence-corrected chi connectivity index (χ1v) is 11.6. The summed E-state index contributed by atoms with van der Waals surface area (Å²) in [4.78, 5) is 15.1. The summed E-state index contributed by atoms with van der Waals surface area (Å²) >= 11 is 0. The fourth-order valence-electron chi connectivity index (χ4n) is 3.93. The molecule has 7 nitrogen and oxygen atoms in total. The average Bonchev–Trinajstić information content (AvgIpc) is 3.31. The summed E-state index contributed by atoms with van der Waals surface area (Å²) in [6.07, 6.45) is -3.76. The minimum absolute atomic E-state index is 0.0530. The maximum Gasteiger partial charge on any atom is 0.433 e. The molecule has 0 aliphatic carbocycles. The van der Waals surface area contributed by atoms with Crippen LogP contribution in [0, 0.1) is 6.92 Å². The van der Waals surface area contributed by atoms with Crippen LogP contribution in [0.3, 0.4) is 0 Å². The number of aryl methyl sites for hydroxylation is 1. The lowest BCUT2D eigenvalue weighted by atomic mass is 10.1. The van der Waals surface area contributed by atoms with E-state index in [1.165, 1.54) is 6.07 Å². The van der Waals surface area contributed by atoms with Crippen molar-refractivity contribution >= 4 is 22.4 Å². The second-order valence-corrected chi connectivity index (χ2v) is 9.08. The predicted molar refractivity (Wildman–Crippen MR) is 129 cm³/mol. The Kier molecular flexibility index (Phi) is 7.02. The van der Waals surface area contributed by atoms with Crippen molar-refractivity contribution in [2.45, 2.75) is 58.5 Å². The van der Waals surface area contributed by atoms with Crippen LogP contribution >= 0.6 is 0 Å². The van der Waals surface area contributed by atoms with Gasteiger partial charge in [-0.05, 0) is 52.0 Å². The van der Waals surface area contributed by atoms with Gasteiger partial charge in [-0.15, -0.1) is 0 Å². The summed E-state index contributed by atoms with van der Waals surface area (Å²) in [5.41, 5.74) is 0.945. The van der Waals surface area contributed by atoms with Gasteiger partial charge in [0, 0.05) is 24.9 Å². The Morgan fingerprint density at radius 3 is 2.57 bits per heavy atom. The molecule has 10 heteroatoms. The predicted octanol–water partition coefficient (Wildman–Crippen LogP) is 5.54. The monoisotopic (exact) mass is 489 g/mol. The number of anilines is 2. The Morgan fingerprint density at radius 1 is 1.14 bits per heavy atom. The Hall–Kier alpha value is -3.14. The maximum atomic E-state index is 13.2. The molecule has 188 valence electrons. The van der Waals surface area contributed by atoms with Crippen molar-refractivity contribution in [2.24, 2.45) is 0 Å². The molecular weight excluding hydrogens is 459 g/mol. The number of rotatable bonds is 7. The topological polar surface area (TPSA) is 72.4 Å². The summed E-state index contributed by atoms with van der Waals surface area (Å²) in [5, 5.41) is 3.95. The fraction of sp³-hybridized carbons (Fsp3) is 0.480.